The summed E-state index contributed by atoms with van der Waals surface area (Å²) in [6, 6.07) is 11.0. The second-order valence-electron chi connectivity index (χ2n) is 3.50. The molecule has 0 saturated heterocycles. The van der Waals surface area contributed by atoms with Crippen molar-refractivity contribution in [1.29, 1.82) is 0 Å². The van der Waals surface area contributed by atoms with Crippen molar-refractivity contribution in [2.75, 3.05) is 6.61 Å². The monoisotopic (exact) mass is 278 g/mol. The van der Waals surface area contributed by atoms with Gasteiger partial charge in [0.05, 0.1) is 0 Å². The van der Waals surface area contributed by atoms with Crippen LogP contribution in [0.25, 0.3) is 10.8 Å². The molecule has 82 valence electrons. The first kappa shape index (κ1) is 11.0. The number of ether oxygens (including phenoxy) is 1. The van der Waals surface area contributed by atoms with E-state index >= 15 is 0 Å². The summed E-state index contributed by atoms with van der Waals surface area (Å²) in [6.45, 7) is 4.13. The van der Waals surface area contributed by atoms with E-state index in [0.717, 1.165) is 21.0 Å². The Balaban J connectivity index is 2.31. The average molecular weight is 279 g/mol. The number of hydrogen-bond acceptors (Lipinski definition) is 2. The molecular formula is C13H11BrO2. The van der Waals surface area contributed by atoms with Gasteiger partial charge in [-0.05, 0) is 35.0 Å². The highest BCUT2D eigenvalue weighted by atomic mass is 79.9. The van der Waals surface area contributed by atoms with E-state index in [4.69, 9.17) is 4.74 Å². The van der Waals surface area contributed by atoms with Gasteiger partial charge in [0, 0.05) is 4.48 Å². The van der Waals surface area contributed by atoms with E-state index in [-0.39, 0.29) is 5.75 Å². The molecule has 2 rings (SSSR count). The number of hydrogen-bond donors (Lipinski definition) is 1. The van der Waals surface area contributed by atoms with Gasteiger partial charge in [-0.3, -0.25) is 0 Å². The SMILES string of the molecule is C=C(Br)COc1ccc2ccc(O)cc2c1. The van der Waals surface area contributed by atoms with E-state index in [2.05, 4.69) is 22.5 Å². The van der Waals surface area contributed by atoms with Crippen molar-refractivity contribution in [3.8, 4) is 11.5 Å². The minimum atomic E-state index is 0.259. The van der Waals surface area contributed by atoms with Gasteiger partial charge in [-0.25, -0.2) is 0 Å². The van der Waals surface area contributed by atoms with Gasteiger partial charge in [-0.1, -0.05) is 34.6 Å². The number of phenolic OH excluding ortho intramolecular Hbond substituents is 1. The fourth-order valence-electron chi connectivity index (χ4n) is 1.46. The molecule has 0 aromatic heterocycles. The lowest BCUT2D eigenvalue weighted by Gasteiger charge is -2.06. The lowest BCUT2D eigenvalue weighted by atomic mass is 10.1. The summed E-state index contributed by atoms with van der Waals surface area (Å²) in [4.78, 5) is 0. The molecule has 0 atom stereocenters. The molecular weight excluding hydrogens is 268 g/mol. The zero-order chi connectivity index (χ0) is 11.5. The Morgan fingerprint density at radius 2 is 1.94 bits per heavy atom. The van der Waals surface area contributed by atoms with Crippen LogP contribution in [0.4, 0.5) is 0 Å². The van der Waals surface area contributed by atoms with E-state index in [1.165, 1.54) is 0 Å². The number of fused-ring (bicyclic) bond motifs is 1. The number of halogens is 1. The molecule has 0 aliphatic rings. The van der Waals surface area contributed by atoms with Gasteiger partial charge < -0.3 is 9.84 Å². The number of aromatic hydroxyl groups is 1. The van der Waals surface area contributed by atoms with E-state index in [1.807, 2.05) is 24.3 Å². The average Bonchev–Trinajstić information content (AvgIpc) is 2.25. The van der Waals surface area contributed by atoms with Crippen LogP contribution in [0, 0.1) is 0 Å². The van der Waals surface area contributed by atoms with Crippen LogP contribution < -0.4 is 4.74 Å². The molecule has 0 amide bonds. The molecule has 0 aliphatic carbocycles. The van der Waals surface area contributed by atoms with Gasteiger partial charge in [0.25, 0.3) is 0 Å². The van der Waals surface area contributed by atoms with Crippen molar-refractivity contribution in [1.82, 2.24) is 0 Å². The summed E-state index contributed by atoms with van der Waals surface area (Å²) < 4.78 is 6.28. The highest BCUT2D eigenvalue weighted by molar-refractivity contribution is 9.11. The third-order valence-electron chi connectivity index (χ3n) is 2.19. The topological polar surface area (TPSA) is 29.5 Å². The molecule has 0 unspecified atom stereocenters. The van der Waals surface area contributed by atoms with Gasteiger partial charge >= 0.3 is 0 Å². The van der Waals surface area contributed by atoms with Crippen molar-refractivity contribution in [2.45, 2.75) is 0 Å². The van der Waals surface area contributed by atoms with Gasteiger partial charge in [0.2, 0.25) is 0 Å². The molecule has 2 nitrogen and oxygen atoms in total. The standard InChI is InChI=1S/C13H11BrO2/c1-9(14)8-16-13-5-3-10-2-4-12(15)6-11(10)7-13/h2-7,15H,1,8H2. The quantitative estimate of drug-likeness (QED) is 0.925. The lowest BCUT2D eigenvalue weighted by molar-refractivity contribution is 0.361. The van der Waals surface area contributed by atoms with E-state index in [0.29, 0.717) is 6.61 Å². The predicted octanol–water partition coefficient (Wildman–Crippen LogP) is 3.83. The Hall–Kier alpha value is -1.48. The van der Waals surface area contributed by atoms with Gasteiger partial charge in [0.1, 0.15) is 18.1 Å². The second kappa shape index (κ2) is 4.58. The van der Waals surface area contributed by atoms with E-state index in [9.17, 15) is 5.11 Å². The summed E-state index contributed by atoms with van der Waals surface area (Å²) in [5, 5.41) is 11.4. The third kappa shape index (κ3) is 2.55. The molecule has 0 radical (unpaired) electrons. The maximum absolute atomic E-state index is 9.38. The summed E-state index contributed by atoms with van der Waals surface area (Å²) in [6.07, 6.45) is 0. The minimum absolute atomic E-state index is 0.259. The van der Waals surface area contributed by atoms with Crippen molar-refractivity contribution in [3.63, 3.8) is 0 Å². The zero-order valence-corrected chi connectivity index (χ0v) is 10.2. The van der Waals surface area contributed by atoms with Crippen molar-refractivity contribution in [3.05, 3.63) is 47.5 Å². The zero-order valence-electron chi connectivity index (χ0n) is 8.61. The van der Waals surface area contributed by atoms with Crippen molar-refractivity contribution in [2.24, 2.45) is 0 Å². The van der Waals surface area contributed by atoms with Crippen molar-refractivity contribution < 1.29 is 9.84 Å². The molecule has 0 heterocycles. The first-order chi connectivity index (χ1) is 7.65. The maximum atomic E-state index is 9.38. The van der Waals surface area contributed by atoms with Gasteiger partial charge in [-0.15, -0.1) is 0 Å². The Kier molecular flexibility index (Phi) is 3.15. The molecule has 2 aromatic carbocycles. The minimum Gasteiger partial charge on any atom is -0.508 e. The number of rotatable bonds is 3. The van der Waals surface area contributed by atoms with Gasteiger partial charge in [0.15, 0.2) is 0 Å². The Morgan fingerprint density at radius 3 is 2.69 bits per heavy atom. The predicted molar refractivity (Wildman–Crippen MR) is 69.2 cm³/mol. The highest BCUT2D eigenvalue weighted by Crippen LogP contribution is 2.24. The Morgan fingerprint density at radius 1 is 1.19 bits per heavy atom. The van der Waals surface area contributed by atoms with Crippen LogP contribution in [-0.2, 0) is 0 Å². The fraction of sp³-hybridized carbons (Fsp3) is 0.0769. The first-order valence-corrected chi connectivity index (χ1v) is 5.63. The molecule has 0 fully saturated rings. The largest absolute Gasteiger partial charge is 0.508 e. The third-order valence-corrected chi connectivity index (χ3v) is 2.42. The summed E-state index contributed by atoms with van der Waals surface area (Å²) in [5.74, 6) is 1.02. The first-order valence-electron chi connectivity index (χ1n) is 4.84. The normalized spacial score (nSPS) is 10.3. The molecule has 0 saturated carbocycles. The van der Waals surface area contributed by atoms with Crippen LogP contribution in [0.5, 0.6) is 11.5 Å². The second-order valence-corrected chi connectivity index (χ2v) is 4.62. The lowest BCUT2D eigenvalue weighted by Crippen LogP contribution is -1.95. The van der Waals surface area contributed by atoms with Crippen LogP contribution in [0.3, 0.4) is 0 Å². The molecule has 0 spiro atoms. The van der Waals surface area contributed by atoms with E-state index < -0.39 is 0 Å². The van der Waals surface area contributed by atoms with Crippen LogP contribution in [0.1, 0.15) is 0 Å². The Bertz CT molecular complexity index is 534. The summed E-state index contributed by atoms with van der Waals surface area (Å²) in [7, 11) is 0. The molecule has 2 aromatic rings. The van der Waals surface area contributed by atoms with Gasteiger partial charge in [-0.2, -0.15) is 0 Å². The smallest absolute Gasteiger partial charge is 0.120 e. The van der Waals surface area contributed by atoms with Crippen molar-refractivity contribution >= 4 is 26.7 Å². The molecule has 16 heavy (non-hydrogen) atoms. The summed E-state index contributed by atoms with van der Waals surface area (Å²) >= 11 is 3.23. The highest BCUT2D eigenvalue weighted by Gasteiger charge is 1.99. The van der Waals surface area contributed by atoms with Crippen LogP contribution in [0.15, 0.2) is 47.5 Å². The number of phenols is 1. The maximum Gasteiger partial charge on any atom is 0.120 e. The van der Waals surface area contributed by atoms with E-state index in [1.54, 1.807) is 12.1 Å². The molecule has 3 heteroatoms. The molecule has 1 N–H and O–H groups in total. The summed E-state index contributed by atoms with van der Waals surface area (Å²) in [5.41, 5.74) is 0. The Labute approximate surface area is 102 Å². The number of benzene rings is 2. The molecule has 0 aliphatic heterocycles. The fourth-order valence-corrected chi connectivity index (χ4v) is 1.58. The van der Waals surface area contributed by atoms with Crippen LogP contribution >= 0.6 is 15.9 Å². The van der Waals surface area contributed by atoms with Crippen LogP contribution in [-0.4, -0.2) is 11.7 Å². The molecule has 0 bridgehead atoms. The van der Waals surface area contributed by atoms with Crippen LogP contribution in [0.2, 0.25) is 0 Å².